The molecule has 5 nitrogen and oxygen atoms in total. The summed E-state index contributed by atoms with van der Waals surface area (Å²) in [6.07, 6.45) is -4.35. The van der Waals surface area contributed by atoms with Crippen LogP contribution in [0, 0.1) is 0 Å². The zero-order chi connectivity index (χ0) is 25.3. The van der Waals surface area contributed by atoms with E-state index in [1.54, 1.807) is 30.3 Å². The Hall–Kier alpha value is -3.00. The fourth-order valence-corrected chi connectivity index (χ4v) is 7.59. The van der Waals surface area contributed by atoms with Crippen LogP contribution in [0.5, 0.6) is 0 Å². The number of nitrogens with zero attached hydrogens (tertiary/aromatic N) is 3. The molecule has 2 aliphatic rings. The fourth-order valence-electron chi connectivity index (χ4n) is 4.69. The van der Waals surface area contributed by atoms with E-state index in [1.807, 2.05) is 29.2 Å². The zero-order valence-corrected chi connectivity index (χ0v) is 21.3. The van der Waals surface area contributed by atoms with E-state index >= 15 is 0 Å². The topological polar surface area (TPSA) is 43.9 Å². The molecule has 5 rings (SSSR count). The van der Waals surface area contributed by atoms with Crippen LogP contribution < -0.4 is 14.3 Å². The molecule has 0 aliphatic carbocycles. The molecule has 0 spiro atoms. The van der Waals surface area contributed by atoms with Crippen molar-refractivity contribution < 1.29 is 21.8 Å². The molecule has 3 aromatic rings. The van der Waals surface area contributed by atoms with Crippen LogP contribution in [-0.4, -0.2) is 69.2 Å². The van der Waals surface area contributed by atoms with Crippen molar-refractivity contribution in [2.75, 3.05) is 54.5 Å². The number of fused-ring (bicyclic) bond motifs is 1. The van der Waals surface area contributed by atoms with Crippen molar-refractivity contribution in [2.45, 2.75) is 6.18 Å². The summed E-state index contributed by atoms with van der Waals surface area (Å²) in [7, 11) is 0. The molecule has 0 saturated carbocycles. The first-order chi connectivity index (χ1) is 17.3. The summed E-state index contributed by atoms with van der Waals surface area (Å²) < 4.78 is 52.8. The Kier molecular flexibility index (Phi) is 6.97. The second kappa shape index (κ2) is 10.2. The average molecular weight is 560 g/mol. The van der Waals surface area contributed by atoms with E-state index in [0.29, 0.717) is 41.9 Å². The molecule has 0 aromatic heterocycles. The van der Waals surface area contributed by atoms with Gasteiger partial charge >= 0.3 is 199 Å². The SMILES string of the molecule is O=C(c1ccccc1)c1ccc2c(c1)[Se](=O)CN2CCN1CCN(c2cccc(C(F)(F)F)c2)CC1. The molecule has 2 heterocycles. The maximum absolute atomic E-state index is 13.1. The Morgan fingerprint density at radius 1 is 0.833 bits per heavy atom. The van der Waals surface area contributed by atoms with Gasteiger partial charge in [-0.05, 0) is 0 Å². The molecule has 188 valence electrons. The Morgan fingerprint density at radius 3 is 2.31 bits per heavy atom. The van der Waals surface area contributed by atoms with Crippen molar-refractivity contribution in [2.24, 2.45) is 0 Å². The normalized spacial score (nSPS) is 18.4. The van der Waals surface area contributed by atoms with Gasteiger partial charge in [0.05, 0.1) is 0 Å². The van der Waals surface area contributed by atoms with Crippen LogP contribution >= 0.6 is 0 Å². The van der Waals surface area contributed by atoms with Crippen LogP contribution in [0.4, 0.5) is 24.5 Å². The summed E-state index contributed by atoms with van der Waals surface area (Å²) in [5.41, 5.74) is 2.55. The van der Waals surface area contributed by atoms with Gasteiger partial charge in [-0.3, -0.25) is 0 Å². The molecule has 3 aromatic carbocycles. The summed E-state index contributed by atoms with van der Waals surface area (Å²) in [6, 6.07) is 20.1. The van der Waals surface area contributed by atoms with E-state index < -0.39 is 25.6 Å². The Balaban J connectivity index is 1.18. The van der Waals surface area contributed by atoms with Crippen LogP contribution in [0.1, 0.15) is 21.5 Å². The predicted molar refractivity (Wildman–Crippen MR) is 135 cm³/mol. The van der Waals surface area contributed by atoms with Gasteiger partial charge in [-0.1, -0.05) is 0 Å². The molecule has 2 aliphatic heterocycles. The summed E-state index contributed by atoms with van der Waals surface area (Å²) >= 11 is -2.26. The molecule has 0 bridgehead atoms. The maximum atomic E-state index is 13.1. The predicted octanol–water partition coefficient (Wildman–Crippen LogP) is 3.75. The number of halogens is 3. The van der Waals surface area contributed by atoms with Gasteiger partial charge in [0.1, 0.15) is 0 Å². The number of piperazine rings is 1. The van der Waals surface area contributed by atoms with E-state index in [4.69, 9.17) is 0 Å². The van der Waals surface area contributed by atoms with Crippen molar-refractivity contribution in [3.8, 4) is 0 Å². The Morgan fingerprint density at radius 2 is 1.58 bits per heavy atom. The molecule has 1 fully saturated rings. The molecular formula is C27H26F3N3O2Se. The minimum absolute atomic E-state index is 0.0747. The first-order valence-corrected chi connectivity index (χ1v) is 14.6. The summed E-state index contributed by atoms with van der Waals surface area (Å²) in [5.74, 6) is -0.0747. The van der Waals surface area contributed by atoms with Crippen molar-refractivity contribution in [3.63, 3.8) is 0 Å². The van der Waals surface area contributed by atoms with E-state index in [0.717, 1.165) is 35.8 Å². The Labute approximate surface area is 212 Å². The first-order valence-electron chi connectivity index (χ1n) is 11.8. The van der Waals surface area contributed by atoms with Gasteiger partial charge in [0.2, 0.25) is 0 Å². The van der Waals surface area contributed by atoms with Gasteiger partial charge in [0.15, 0.2) is 0 Å². The van der Waals surface area contributed by atoms with Crippen molar-refractivity contribution >= 4 is 35.5 Å². The fraction of sp³-hybridized carbons (Fsp3) is 0.296. The zero-order valence-electron chi connectivity index (χ0n) is 19.6. The van der Waals surface area contributed by atoms with Gasteiger partial charge in [0.25, 0.3) is 0 Å². The van der Waals surface area contributed by atoms with Crippen molar-refractivity contribution in [1.29, 1.82) is 0 Å². The molecule has 0 N–H and O–H groups in total. The minimum atomic E-state index is -4.35. The van der Waals surface area contributed by atoms with Gasteiger partial charge in [-0.2, -0.15) is 13.2 Å². The standard InChI is InChI=1S/C27H26F3N3O2Se/c28-27(29,30)22-7-4-8-23(18-22)32-14-11-31(12-15-32)13-16-33-19-36(35)25-17-21(9-10-24(25)33)26(34)20-5-2-1-3-6-20/h1-10,17-18H,11-16,19H2. The first kappa shape index (κ1) is 24.7. The number of carbonyl (C=O) groups is 1. The summed E-state index contributed by atoms with van der Waals surface area (Å²) in [4.78, 5) is 19.2. The molecule has 0 radical (unpaired) electrons. The number of carbonyl (C=O) groups excluding carboxylic acids is 1. The van der Waals surface area contributed by atoms with E-state index in [9.17, 15) is 21.8 Å². The number of benzene rings is 3. The number of alkyl halides is 3. The second-order valence-electron chi connectivity index (χ2n) is 8.99. The van der Waals surface area contributed by atoms with Gasteiger partial charge < -0.3 is 0 Å². The van der Waals surface area contributed by atoms with E-state index in [2.05, 4.69) is 9.80 Å². The number of hydrogen-bond acceptors (Lipinski definition) is 5. The monoisotopic (exact) mass is 561 g/mol. The molecule has 1 saturated heterocycles. The quantitative estimate of drug-likeness (QED) is 0.340. The molecule has 1 atom stereocenters. The van der Waals surface area contributed by atoms with Crippen LogP contribution in [0.25, 0.3) is 0 Å². The molecule has 36 heavy (non-hydrogen) atoms. The third-order valence-electron chi connectivity index (χ3n) is 6.71. The number of hydrogen-bond donors (Lipinski definition) is 0. The number of ketones is 1. The molecule has 9 heteroatoms. The summed E-state index contributed by atoms with van der Waals surface area (Å²) in [5, 5.41) is 0. The number of anilines is 2. The van der Waals surface area contributed by atoms with Crippen LogP contribution in [0.2, 0.25) is 0 Å². The van der Waals surface area contributed by atoms with Crippen LogP contribution in [0.15, 0.2) is 72.8 Å². The van der Waals surface area contributed by atoms with Crippen molar-refractivity contribution in [3.05, 3.63) is 89.5 Å². The second-order valence-corrected chi connectivity index (χ2v) is 11.9. The third kappa shape index (κ3) is 5.24. The van der Waals surface area contributed by atoms with Crippen LogP contribution in [0.3, 0.4) is 0 Å². The van der Waals surface area contributed by atoms with Crippen LogP contribution in [-0.2, 0) is 10.0 Å². The average Bonchev–Trinajstić information content (AvgIpc) is 3.22. The molecule has 1 unspecified atom stereocenters. The van der Waals surface area contributed by atoms with Crippen molar-refractivity contribution in [1.82, 2.24) is 4.90 Å². The van der Waals surface area contributed by atoms with E-state index in [1.165, 1.54) is 12.1 Å². The third-order valence-corrected chi connectivity index (χ3v) is 9.58. The molecular weight excluding hydrogens is 534 g/mol. The van der Waals surface area contributed by atoms with Gasteiger partial charge in [0, 0.05) is 0 Å². The van der Waals surface area contributed by atoms with Gasteiger partial charge in [-0.15, -0.1) is 0 Å². The Bertz CT molecular complexity index is 1270. The van der Waals surface area contributed by atoms with Gasteiger partial charge in [-0.25, -0.2) is 0 Å². The molecule has 0 amide bonds. The number of rotatable bonds is 6. The summed E-state index contributed by atoms with van der Waals surface area (Å²) in [6.45, 7) is 4.29. The van der Waals surface area contributed by atoms with E-state index in [-0.39, 0.29) is 5.78 Å².